The quantitative estimate of drug-likeness (QED) is 0.420. The second kappa shape index (κ2) is 8.43. The van der Waals surface area contributed by atoms with Crippen molar-refractivity contribution in [2.24, 2.45) is 0 Å². The second-order valence-electron chi connectivity index (χ2n) is 6.63. The van der Waals surface area contributed by atoms with Crippen LogP contribution in [0.5, 0.6) is 0 Å². The minimum atomic E-state index is -0.432. The van der Waals surface area contributed by atoms with Crippen LogP contribution in [0.3, 0.4) is 0 Å². The first-order valence-electron chi connectivity index (χ1n) is 8.58. The molecule has 0 aromatic heterocycles. The van der Waals surface area contributed by atoms with Gasteiger partial charge in [-0.1, -0.05) is 50.2 Å². The number of carbonyl (C=O) groups is 1. The van der Waals surface area contributed by atoms with Crippen molar-refractivity contribution in [1.29, 1.82) is 0 Å². The van der Waals surface area contributed by atoms with Crippen LogP contribution in [-0.2, 0) is 4.79 Å². The molecule has 2 rings (SSSR count). The maximum Gasteiger partial charge on any atom is 0.269 e. The summed E-state index contributed by atoms with van der Waals surface area (Å²) in [6.07, 6.45) is 3.31. The molecule has 0 unspecified atom stereocenters. The number of nitrogens with zero attached hydrogens (tertiary/aromatic N) is 2. The Kier molecular flexibility index (Phi) is 6.28. The van der Waals surface area contributed by atoms with Crippen molar-refractivity contribution in [3.8, 4) is 0 Å². The number of amides is 1. The molecule has 0 radical (unpaired) electrons. The van der Waals surface area contributed by atoms with Gasteiger partial charge < -0.3 is 4.90 Å². The Morgan fingerprint density at radius 1 is 1.08 bits per heavy atom. The van der Waals surface area contributed by atoms with Gasteiger partial charge in [-0.25, -0.2) is 0 Å². The fraction of sp³-hybridized carbons (Fsp3) is 0.286. The Hall–Kier alpha value is -2.95. The van der Waals surface area contributed by atoms with E-state index in [9.17, 15) is 14.9 Å². The first-order valence-corrected chi connectivity index (χ1v) is 8.58. The van der Waals surface area contributed by atoms with Crippen LogP contribution in [0.2, 0.25) is 0 Å². The molecule has 0 N–H and O–H groups in total. The van der Waals surface area contributed by atoms with E-state index in [0.29, 0.717) is 5.92 Å². The maximum atomic E-state index is 12.4. The summed E-state index contributed by atoms with van der Waals surface area (Å²) in [5, 5.41) is 10.9. The van der Waals surface area contributed by atoms with Crippen LogP contribution in [0, 0.1) is 10.1 Å². The second-order valence-corrected chi connectivity index (χ2v) is 6.63. The Bertz CT molecular complexity index is 810. The molecule has 2 aromatic carbocycles. The van der Waals surface area contributed by atoms with Gasteiger partial charge in [0.2, 0.25) is 5.91 Å². The molecule has 0 spiro atoms. The summed E-state index contributed by atoms with van der Waals surface area (Å²) in [6.45, 7) is 6.12. The van der Waals surface area contributed by atoms with Crippen LogP contribution in [0.1, 0.15) is 49.4 Å². The fourth-order valence-corrected chi connectivity index (χ4v) is 2.59. The molecule has 2 aromatic rings. The lowest BCUT2D eigenvalue weighted by Gasteiger charge is -2.24. The predicted octanol–water partition coefficient (Wildman–Crippen LogP) is 4.95. The summed E-state index contributed by atoms with van der Waals surface area (Å²) in [5.41, 5.74) is 2.96. The van der Waals surface area contributed by atoms with Crippen molar-refractivity contribution in [3.63, 3.8) is 0 Å². The standard InChI is InChI=1S/C21H24N2O3/c1-15(2)18-11-8-17(9-12-18)10-13-21(24)22(4)16(3)19-6-5-7-20(14-19)23(25)26/h5-16H,1-4H3/b13-10+/t16-/m1/s1. The monoisotopic (exact) mass is 352 g/mol. The van der Waals surface area contributed by atoms with Gasteiger partial charge in [0.1, 0.15) is 0 Å². The highest BCUT2D eigenvalue weighted by molar-refractivity contribution is 5.91. The van der Waals surface area contributed by atoms with Crippen LogP contribution in [0.25, 0.3) is 6.08 Å². The lowest BCUT2D eigenvalue weighted by Crippen LogP contribution is -2.28. The highest BCUT2D eigenvalue weighted by atomic mass is 16.6. The van der Waals surface area contributed by atoms with Crippen LogP contribution in [0.4, 0.5) is 5.69 Å². The van der Waals surface area contributed by atoms with Crippen molar-refractivity contribution in [3.05, 3.63) is 81.4 Å². The zero-order valence-electron chi connectivity index (χ0n) is 15.5. The number of benzene rings is 2. The topological polar surface area (TPSA) is 63.5 Å². The minimum Gasteiger partial charge on any atom is -0.335 e. The van der Waals surface area contributed by atoms with Crippen molar-refractivity contribution in [1.82, 2.24) is 4.90 Å². The maximum absolute atomic E-state index is 12.4. The molecule has 0 aliphatic heterocycles. The van der Waals surface area contributed by atoms with Gasteiger partial charge in [0.05, 0.1) is 11.0 Å². The molecule has 0 aliphatic rings. The number of carbonyl (C=O) groups excluding carboxylic acids is 1. The molecule has 1 amide bonds. The molecule has 0 aliphatic carbocycles. The van der Waals surface area contributed by atoms with E-state index >= 15 is 0 Å². The average molecular weight is 352 g/mol. The van der Waals surface area contributed by atoms with Crippen molar-refractivity contribution in [2.45, 2.75) is 32.7 Å². The highest BCUT2D eigenvalue weighted by Gasteiger charge is 2.17. The van der Waals surface area contributed by atoms with E-state index in [1.54, 1.807) is 30.2 Å². The summed E-state index contributed by atoms with van der Waals surface area (Å²) >= 11 is 0. The zero-order chi connectivity index (χ0) is 19.3. The number of non-ortho nitro benzene ring substituents is 1. The van der Waals surface area contributed by atoms with Crippen molar-refractivity contribution >= 4 is 17.7 Å². The molecule has 5 nitrogen and oxygen atoms in total. The molecule has 0 saturated heterocycles. The molecule has 0 bridgehead atoms. The van der Waals surface area contributed by atoms with Gasteiger partial charge in [-0.2, -0.15) is 0 Å². The number of hydrogen-bond acceptors (Lipinski definition) is 3. The largest absolute Gasteiger partial charge is 0.335 e. The molecule has 1 atom stereocenters. The van der Waals surface area contributed by atoms with Crippen LogP contribution in [0.15, 0.2) is 54.6 Å². The van der Waals surface area contributed by atoms with Gasteiger partial charge >= 0.3 is 0 Å². The predicted molar refractivity (Wildman–Crippen MR) is 104 cm³/mol. The third kappa shape index (κ3) is 4.79. The summed E-state index contributed by atoms with van der Waals surface area (Å²) in [6, 6.07) is 14.2. The number of rotatable bonds is 6. The smallest absolute Gasteiger partial charge is 0.269 e. The zero-order valence-corrected chi connectivity index (χ0v) is 15.5. The lowest BCUT2D eigenvalue weighted by atomic mass is 10.0. The minimum absolute atomic E-state index is 0.0241. The Balaban J connectivity index is 2.08. The number of likely N-dealkylation sites (N-methyl/N-ethyl adjacent to an activating group) is 1. The van der Waals surface area contributed by atoms with Gasteiger partial charge in [-0.3, -0.25) is 14.9 Å². The molecular weight excluding hydrogens is 328 g/mol. The Morgan fingerprint density at radius 3 is 2.31 bits per heavy atom. The molecule has 136 valence electrons. The van der Waals surface area contributed by atoms with Gasteiger partial charge in [-0.15, -0.1) is 0 Å². The summed E-state index contributed by atoms with van der Waals surface area (Å²) in [4.78, 5) is 24.5. The van der Waals surface area contributed by atoms with Crippen molar-refractivity contribution < 1.29 is 9.72 Å². The van der Waals surface area contributed by atoms with E-state index in [-0.39, 0.29) is 17.6 Å². The van der Waals surface area contributed by atoms with E-state index < -0.39 is 4.92 Å². The molecule has 0 fully saturated rings. The molecular formula is C21H24N2O3. The fourth-order valence-electron chi connectivity index (χ4n) is 2.59. The van der Waals surface area contributed by atoms with Gasteiger partial charge in [-0.05, 0) is 35.6 Å². The van der Waals surface area contributed by atoms with Crippen LogP contribution >= 0.6 is 0 Å². The number of nitro groups is 1. The Morgan fingerprint density at radius 2 is 1.73 bits per heavy atom. The lowest BCUT2D eigenvalue weighted by molar-refractivity contribution is -0.384. The van der Waals surface area contributed by atoms with Gasteiger partial charge in [0.25, 0.3) is 5.69 Å². The number of nitro benzene ring substituents is 1. The van der Waals surface area contributed by atoms with E-state index in [2.05, 4.69) is 26.0 Å². The average Bonchev–Trinajstić information content (AvgIpc) is 2.65. The molecule has 26 heavy (non-hydrogen) atoms. The van der Waals surface area contributed by atoms with E-state index in [0.717, 1.165) is 11.1 Å². The molecule has 0 heterocycles. The van der Waals surface area contributed by atoms with E-state index in [1.165, 1.54) is 23.8 Å². The molecule has 5 heteroatoms. The first-order chi connectivity index (χ1) is 12.3. The van der Waals surface area contributed by atoms with E-state index in [4.69, 9.17) is 0 Å². The van der Waals surface area contributed by atoms with Crippen LogP contribution in [-0.4, -0.2) is 22.8 Å². The summed E-state index contributed by atoms with van der Waals surface area (Å²) in [5.74, 6) is 0.313. The third-order valence-corrected chi connectivity index (χ3v) is 4.51. The van der Waals surface area contributed by atoms with Gasteiger partial charge in [0, 0.05) is 25.3 Å². The summed E-state index contributed by atoms with van der Waals surface area (Å²) in [7, 11) is 1.69. The third-order valence-electron chi connectivity index (χ3n) is 4.51. The first kappa shape index (κ1) is 19.4. The van der Waals surface area contributed by atoms with Crippen molar-refractivity contribution in [2.75, 3.05) is 7.05 Å². The van der Waals surface area contributed by atoms with E-state index in [1.807, 2.05) is 19.1 Å². The van der Waals surface area contributed by atoms with Gasteiger partial charge in [0.15, 0.2) is 0 Å². The number of hydrogen-bond donors (Lipinski definition) is 0. The Labute approximate surface area is 154 Å². The molecule has 0 saturated carbocycles. The highest BCUT2D eigenvalue weighted by Crippen LogP contribution is 2.23. The SMILES string of the molecule is CC(C)c1ccc(/C=C/C(=O)N(C)[C@H](C)c2cccc([N+](=O)[O-])c2)cc1. The summed E-state index contributed by atoms with van der Waals surface area (Å²) < 4.78 is 0. The van der Waals surface area contributed by atoms with Crippen LogP contribution < -0.4 is 0 Å². The normalized spacial score (nSPS) is 12.3.